The SMILES string of the molecule is O=C(NCC1CCN(CCN2CCOCC2)C1)Nc1nccs1. The lowest BCUT2D eigenvalue weighted by atomic mass is 10.1. The maximum atomic E-state index is 11.8. The van der Waals surface area contributed by atoms with Crippen molar-refractivity contribution in [1.82, 2.24) is 20.1 Å². The summed E-state index contributed by atoms with van der Waals surface area (Å²) in [5.74, 6) is 0.543. The molecule has 1 atom stereocenters. The Morgan fingerprint density at radius 2 is 2.13 bits per heavy atom. The van der Waals surface area contributed by atoms with Gasteiger partial charge in [0, 0.05) is 50.8 Å². The summed E-state index contributed by atoms with van der Waals surface area (Å²) in [4.78, 5) is 20.8. The molecule has 0 radical (unpaired) electrons. The van der Waals surface area contributed by atoms with E-state index in [1.165, 1.54) is 11.3 Å². The molecule has 0 aliphatic carbocycles. The Morgan fingerprint density at radius 3 is 2.91 bits per heavy atom. The first-order valence-corrected chi connectivity index (χ1v) is 9.14. The second kappa shape index (κ2) is 8.58. The topological polar surface area (TPSA) is 69.7 Å². The standard InChI is InChI=1S/C15H25N5O2S/c21-14(18-15-16-2-10-23-15)17-11-13-1-3-20(12-13)5-4-19-6-8-22-9-7-19/h2,10,13H,1,3-9,11-12H2,(H2,16,17,18,21). The third-order valence-electron chi connectivity index (χ3n) is 4.41. The minimum absolute atomic E-state index is 0.160. The maximum Gasteiger partial charge on any atom is 0.321 e. The maximum absolute atomic E-state index is 11.8. The summed E-state index contributed by atoms with van der Waals surface area (Å²) < 4.78 is 5.38. The Bertz CT molecular complexity index is 478. The van der Waals surface area contributed by atoms with Crippen molar-refractivity contribution in [3.8, 4) is 0 Å². The van der Waals surface area contributed by atoms with Gasteiger partial charge in [-0.2, -0.15) is 0 Å². The first kappa shape index (κ1) is 16.6. The second-order valence-corrected chi connectivity index (χ2v) is 6.98. The molecular formula is C15H25N5O2S. The van der Waals surface area contributed by atoms with Crippen molar-refractivity contribution in [3.63, 3.8) is 0 Å². The van der Waals surface area contributed by atoms with Gasteiger partial charge in [-0.15, -0.1) is 11.3 Å². The molecule has 0 bridgehead atoms. The van der Waals surface area contributed by atoms with E-state index in [1.807, 2.05) is 5.38 Å². The lowest BCUT2D eigenvalue weighted by Crippen LogP contribution is -2.41. The monoisotopic (exact) mass is 339 g/mol. The highest BCUT2D eigenvalue weighted by atomic mass is 32.1. The Kier molecular flexibility index (Phi) is 6.21. The summed E-state index contributed by atoms with van der Waals surface area (Å²) >= 11 is 1.43. The number of thiazole rings is 1. The van der Waals surface area contributed by atoms with Crippen LogP contribution in [0.25, 0.3) is 0 Å². The average Bonchev–Trinajstić information content (AvgIpc) is 3.24. The lowest BCUT2D eigenvalue weighted by Gasteiger charge is -2.28. The fraction of sp³-hybridized carbons (Fsp3) is 0.733. The molecule has 3 heterocycles. The third kappa shape index (κ3) is 5.42. The summed E-state index contributed by atoms with van der Waals surface area (Å²) in [6, 6.07) is -0.160. The van der Waals surface area contributed by atoms with Gasteiger partial charge in [0.05, 0.1) is 13.2 Å². The first-order valence-electron chi connectivity index (χ1n) is 8.26. The number of carbonyl (C=O) groups excluding carboxylic acids is 1. The number of morpholine rings is 1. The summed E-state index contributed by atoms with van der Waals surface area (Å²) in [7, 11) is 0. The number of anilines is 1. The number of urea groups is 1. The molecule has 2 saturated heterocycles. The Labute approximate surface area is 141 Å². The van der Waals surface area contributed by atoms with E-state index >= 15 is 0 Å². The van der Waals surface area contributed by atoms with Crippen molar-refractivity contribution < 1.29 is 9.53 Å². The second-order valence-electron chi connectivity index (χ2n) is 6.08. The molecule has 2 aliphatic rings. The van der Waals surface area contributed by atoms with E-state index in [1.54, 1.807) is 6.20 Å². The number of ether oxygens (including phenoxy) is 1. The van der Waals surface area contributed by atoms with Gasteiger partial charge in [-0.1, -0.05) is 0 Å². The van der Waals surface area contributed by atoms with Gasteiger partial charge in [0.25, 0.3) is 0 Å². The fourth-order valence-electron chi connectivity index (χ4n) is 3.05. The molecule has 0 spiro atoms. The number of likely N-dealkylation sites (tertiary alicyclic amines) is 1. The van der Waals surface area contributed by atoms with Gasteiger partial charge in [0.1, 0.15) is 0 Å². The fourth-order valence-corrected chi connectivity index (χ4v) is 3.58. The molecule has 8 heteroatoms. The van der Waals surface area contributed by atoms with Crippen LogP contribution in [0.1, 0.15) is 6.42 Å². The van der Waals surface area contributed by atoms with E-state index in [0.29, 0.717) is 11.0 Å². The first-order chi connectivity index (χ1) is 11.3. The Hall–Kier alpha value is -1.22. The number of hydrogen-bond acceptors (Lipinski definition) is 6. The molecule has 2 fully saturated rings. The zero-order valence-corrected chi connectivity index (χ0v) is 14.2. The van der Waals surface area contributed by atoms with Crippen LogP contribution >= 0.6 is 11.3 Å². The summed E-state index contributed by atoms with van der Waals surface area (Å²) in [5.41, 5.74) is 0. The predicted octanol–water partition coefficient (Wildman–Crippen LogP) is 0.919. The highest BCUT2D eigenvalue weighted by molar-refractivity contribution is 7.13. The van der Waals surface area contributed by atoms with Gasteiger partial charge >= 0.3 is 6.03 Å². The zero-order valence-electron chi connectivity index (χ0n) is 13.4. The molecule has 7 nitrogen and oxygen atoms in total. The van der Waals surface area contributed by atoms with Gasteiger partial charge in [-0.25, -0.2) is 9.78 Å². The number of carbonyl (C=O) groups is 1. The van der Waals surface area contributed by atoms with Crippen molar-refractivity contribution in [2.45, 2.75) is 6.42 Å². The van der Waals surface area contributed by atoms with Crippen LogP contribution in [0.3, 0.4) is 0 Å². The number of nitrogens with zero attached hydrogens (tertiary/aromatic N) is 3. The molecule has 128 valence electrons. The van der Waals surface area contributed by atoms with Crippen LogP contribution in [-0.4, -0.2) is 79.8 Å². The van der Waals surface area contributed by atoms with E-state index in [0.717, 1.165) is 65.4 Å². The minimum atomic E-state index is -0.160. The van der Waals surface area contributed by atoms with Gasteiger partial charge in [-0.3, -0.25) is 10.2 Å². The number of nitrogens with one attached hydrogen (secondary N) is 2. The van der Waals surface area contributed by atoms with E-state index in [9.17, 15) is 4.79 Å². The molecule has 2 amide bonds. The largest absolute Gasteiger partial charge is 0.379 e. The molecule has 1 aromatic heterocycles. The number of rotatable bonds is 6. The summed E-state index contributed by atoms with van der Waals surface area (Å²) in [6.07, 6.45) is 2.84. The predicted molar refractivity (Wildman–Crippen MR) is 90.9 cm³/mol. The minimum Gasteiger partial charge on any atom is -0.379 e. The summed E-state index contributed by atoms with van der Waals surface area (Å²) in [5, 5.41) is 8.19. The van der Waals surface area contributed by atoms with Crippen LogP contribution in [0.2, 0.25) is 0 Å². The average molecular weight is 339 g/mol. The molecule has 23 heavy (non-hydrogen) atoms. The van der Waals surface area contributed by atoms with Crippen LogP contribution in [0.5, 0.6) is 0 Å². The van der Waals surface area contributed by atoms with Crippen LogP contribution in [0.4, 0.5) is 9.93 Å². The molecular weight excluding hydrogens is 314 g/mol. The van der Waals surface area contributed by atoms with E-state index < -0.39 is 0 Å². The van der Waals surface area contributed by atoms with Gasteiger partial charge in [0.2, 0.25) is 0 Å². The van der Waals surface area contributed by atoms with Crippen LogP contribution in [0, 0.1) is 5.92 Å². The van der Waals surface area contributed by atoms with Crippen LogP contribution in [0.15, 0.2) is 11.6 Å². The molecule has 2 aliphatic heterocycles. The molecule has 1 unspecified atom stereocenters. The van der Waals surface area contributed by atoms with Crippen LogP contribution < -0.4 is 10.6 Å². The smallest absolute Gasteiger partial charge is 0.321 e. The molecule has 0 aromatic carbocycles. The molecule has 1 aromatic rings. The molecule has 0 saturated carbocycles. The zero-order chi connectivity index (χ0) is 15.9. The van der Waals surface area contributed by atoms with E-state index in [2.05, 4.69) is 25.4 Å². The Balaban J connectivity index is 1.29. The highest BCUT2D eigenvalue weighted by Gasteiger charge is 2.23. The number of amides is 2. The van der Waals surface area contributed by atoms with E-state index in [4.69, 9.17) is 4.74 Å². The van der Waals surface area contributed by atoms with Gasteiger partial charge in [0.15, 0.2) is 5.13 Å². The summed E-state index contributed by atoms with van der Waals surface area (Å²) in [6.45, 7) is 8.99. The molecule has 2 N–H and O–H groups in total. The van der Waals surface area contributed by atoms with Gasteiger partial charge in [-0.05, 0) is 18.9 Å². The Morgan fingerprint density at radius 1 is 1.30 bits per heavy atom. The normalized spacial score (nSPS) is 23.0. The van der Waals surface area contributed by atoms with Crippen molar-refractivity contribution in [2.24, 2.45) is 5.92 Å². The van der Waals surface area contributed by atoms with Crippen molar-refractivity contribution in [3.05, 3.63) is 11.6 Å². The van der Waals surface area contributed by atoms with Gasteiger partial charge < -0.3 is 15.0 Å². The lowest BCUT2D eigenvalue weighted by molar-refractivity contribution is 0.0343. The highest BCUT2D eigenvalue weighted by Crippen LogP contribution is 2.15. The number of hydrogen-bond donors (Lipinski definition) is 2. The third-order valence-corrected chi connectivity index (χ3v) is 5.10. The van der Waals surface area contributed by atoms with E-state index in [-0.39, 0.29) is 6.03 Å². The van der Waals surface area contributed by atoms with Crippen LogP contribution in [-0.2, 0) is 4.74 Å². The quantitative estimate of drug-likeness (QED) is 0.806. The van der Waals surface area contributed by atoms with Crippen molar-refractivity contribution in [1.29, 1.82) is 0 Å². The van der Waals surface area contributed by atoms with Crippen molar-refractivity contribution in [2.75, 3.05) is 64.3 Å². The number of aromatic nitrogens is 1. The van der Waals surface area contributed by atoms with Crippen molar-refractivity contribution >= 4 is 22.5 Å². The molecule has 3 rings (SSSR count).